The third kappa shape index (κ3) is 3.82. The van der Waals surface area contributed by atoms with E-state index >= 15 is 4.39 Å². The van der Waals surface area contributed by atoms with E-state index in [1.165, 1.54) is 6.07 Å². The van der Waals surface area contributed by atoms with E-state index in [2.05, 4.69) is 4.90 Å². The molecule has 0 bridgehead atoms. The van der Waals surface area contributed by atoms with Crippen molar-refractivity contribution in [2.75, 3.05) is 24.8 Å². The average molecular weight is 582 g/mol. The summed E-state index contributed by atoms with van der Waals surface area (Å²) >= 11 is 0. The molecule has 8 rings (SSSR count). The number of hydrogen-bond acceptors (Lipinski definition) is 8. The molecule has 4 aliphatic rings. The first-order chi connectivity index (χ1) is 20.9. The highest BCUT2D eigenvalue weighted by molar-refractivity contribution is 5.97. The fraction of sp³-hybridized carbons (Fsp3) is 0.303. The van der Waals surface area contributed by atoms with Crippen molar-refractivity contribution in [1.82, 2.24) is 9.55 Å². The number of aromatic nitrogens is 2. The molecule has 2 aromatic heterocycles. The van der Waals surface area contributed by atoms with Gasteiger partial charge in [-0.3, -0.25) is 4.79 Å². The van der Waals surface area contributed by atoms with Crippen LogP contribution in [0.1, 0.15) is 54.0 Å². The first-order valence-electron chi connectivity index (χ1n) is 14.5. The Balaban J connectivity index is 1.30. The second kappa shape index (κ2) is 9.40. The number of cyclic esters (lactones) is 1. The van der Waals surface area contributed by atoms with Crippen LogP contribution in [-0.2, 0) is 28.3 Å². The molecule has 6 heterocycles. The minimum Gasteiger partial charge on any atom is -0.458 e. The van der Waals surface area contributed by atoms with Crippen LogP contribution < -0.4 is 19.9 Å². The van der Waals surface area contributed by atoms with Crippen molar-refractivity contribution in [2.45, 2.75) is 44.9 Å². The van der Waals surface area contributed by atoms with Crippen LogP contribution in [0.2, 0.25) is 0 Å². The van der Waals surface area contributed by atoms with Crippen molar-refractivity contribution >= 4 is 34.7 Å². The molecular formula is C33H28FN3O6. The van der Waals surface area contributed by atoms with E-state index in [9.17, 15) is 14.7 Å². The molecule has 10 heteroatoms. The summed E-state index contributed by atoms with van der Waals surface area (Å²) in [4.78, 5) is 33.3. The van der Waals surface area contributed by atoms with Gasteiger partial charge in [-0.15, -0.1) is 0 Å². The van der Waals surface area contributed by atoms with Crippen molar-refractivity contribution < 1.29 is 28.5 Å². The summed E-state index contributed by atoms with van der Waals surface area (Å²) in [5.74, 6) is 0.132. The van der Waals surface area contributed by atoms with Gasteiger partial charge in [-0.05, 0) is 54.7 Å². The molecule has 1 saturated heterocycles. The predicted molar refractivity (Wildman–Crippen MR) is 157 cm³/mol. The molecule has 218 valence electrons. The van der Waals surface area contributed by atoms with Gasteiger partial charge in [0.15, 0.2) is 17.1 Å². The predicted octanol–water partition coefficient (Wildman–Crippen LogP) is 4.72. The van der Waals surface area contributed by atoms with Crippen LogP contribution in [0.5, 0.6) is 11.5 Å². The van der Waals surface area contributed by atoms with E-state index in [0.717, 1.165) is 42.4 Å². The molecule has 0 unspecified atom stereocenters. The lowest BCUT2D eigenvalue weighted by atomic mass is 9.86. The lowest BCUT2D eigenvalue weighted by Crippen LogP contribution is -2.44. The fourth-order valence-corrected chi connectivity index (χ4v) is 6.71. The van der Waals surface area contributed by atoms with Crippen molar-refractivity contribution in [3.63, 3.8) is 0 Å². The lowest BCUT2D eigenvalue weighted by molar-refractivity contribution is -0.172. The molecule has 1 fully saturated rings. The minimum atomic E-state index is -1.91. The quantitative estimate of drug-likeness (QED) is 0.304. The highest BCUT2D eigenvalue weighted by atomic mass is 19.1. The summed E-state index contributed by atoms with van der Waals surface area (Å²) in [6.45, 7) is 3.53. The van der Waals surface area contributed by atoms with Crippen LogP contribution in [-0.4, -0.2) is 40.5 Å². The van der Waals surface area contributed by atoms with Gasteiger partial charge in [0.25, 0.3) is 5.56 Å². The molecule has 2 aromatic carbocycles. The number of halogens is 1. The Morgan fingerprint density at radius 2 is 1.81 bits per heavy atom. The number of ether oxygens (including phenoxy) is 3. The monoisotopic (exact) mass is 581 g/mol. The number of carbonyl (C=O) groups excluding carboxylic acids is 1. The normalized spacial score (nSPS) is 20.1. The van der Waals surface area contributed by atoms with E-state index < -0.39 is 11.6 Å². The zero-order valence-electron chi connectivity index (χ0n) is 23.5. The van der Waals surface area contributed by atoms with Gasteiger partial charge in [-0.2, -0.15) is 0 Å². The van der Waals surface area contributed by atoms with Crippen LogP contribution in [0, 0.1) is 5.82 Å². The number of nitrogens with zero attached hydrogens (tertiary/aromatic N) is 3. The van der Waals surface area contributed by atoms with Crippen LogP contribution in [0.25, 0.3) is 34.4 Å². The van der Waals surface area contributed by atoms with Gasteiger partial charge < -0.3 is 28.8 Å². The Labute approximate surface area is 245 Å². The highest BCUT2D eigenvalue weighted by Crippen LogP contribution is 2.43. The Morgan fingerprint density at radius 1 is 1.02 bits per heavy atom. The number of hydrogen-bond donors (Lipinski definition) is 1. The third-order valence-corrected chi connectivity index (χ3v) is 9.09. The number of benzene rings is 2. The number of pyridine rings is 2. The number of anilines is 1. The van der Waals surface area contributed by atoms with Gasteiger partial charge in [0.05, 0.1) is 34.7 Å². The standard InChI is InChI=1S/C33H28FN3O6/c1-2-33(40)23-13-27-30-21(15-37(27)31(38)22(23)16-41-32(33)39)19(20-12-28-29(43-17-42-28)14-25(20)35-30)7-5-18-6-8-26(24(34)11-18)36-9-3-4-10-36/h5-8,11-14,40H,2-4,9-10,15-17H2,1H3/b7-5+/t33-/m0/s1. The maximum Gasteiger partial charge on any atom is 0.343 e. The van der Waals surface area contributed by atoms with Crippen molar-refractivity contribution in [3.8, 4) is 22.9 Å². The summed E-state index contributed by atoms with van der Waals surface area (Å²) in [6.07, 6.45) is 5.96. The van der Waals surface area contributed by atoms with Crippen LogP contribution in [0.3, 0.4) is 0 Å². The number of aliphatic hydroxyl groups is 1. The summed E-state index contributed by atoms with van der Waals surface area (Å²) in [5, 5.41) is 12.0. The molecule has 0 spiro atoms. The molecule has 0 amide bonds. The molecule has 0 saturated carbocycles. The van der Waals surface area contributed by atoms with E-state index in [1.807, 2.05) is 30.4 Å². The van der Waals surface area contributed by atoms with E-state index in [0.29, 0.717) is 39.7 Å². The molecule has 0 aliphatic carbocycles. The Bertz CT molecular complexity index is 1960. The maximum absolute atomic E-state index is 15.1. The number of esters is 1. The van der Waals surface area contributed by atoms with Gasteiger partial charge in [0, 0.05) is 35.7 Å². The van der Waals surface area contributed by atoms with Crippen LogP contribution in [0.4, 0.5) is 10.1 Å². The highest BCUT2D eigenvalue weighted by Gasteiger charge is 2.45. The first-order valence-corrected chi connectivity index (χ1v) is 14.5. The molecule has 4 aromatic rings. The molecule has 1 N–H and O–H groups in total. The van der Waals surface area contributed by atoms with E-state index in [1.54, 1.807) is 23.6 Å². The summed E-state index contributed by atoms with van der Waals surface area (Å²) in [5.41, 5.74) is 2.89. The minimum absolute atomic E-state index is 0.0598. The van der Waals surface area contributed by atoms with E-state index in [-0.39, 0.29) is 48.9 Å². The fourth-order valence-electron chi connectivity index (χ4n) is 6.71. The summed E-state index contributed by atoms with van der Waals surface area (Å²) < 4.78 is 33.2. The Hall–Kier alpha value is -4.70. The zero-order chi connectivity index (χ0) is 29.5. The SMILES string of the molecule is CC[C@@]1(O)C(=O)OCc2c1cc1n(c2=O)Cc2c-1nc1cc3c(cc1c2/C=C/c1ccc(N2CCCC2)c(F)c1)OCO3. The molecule has 43 heavy (non-hydrogen) atoms. The molecule has 0 radical (unpaired) electrons. The summed E-state index contributed by atoms with van der Waals surface area (Å²) in [7, 11) is 0. The Morgan fingerprint density at radius 3 is 2.58 bits per heavy atom. The Kier molecular flexibility index (Phi) is 5.68. The average Bonchev–Trinajstić information content (AvgIpc) is 3.77. The summed E-state index contributed by atoms with van der Waals surface area (Å²) in [6, 6.07) is 10.6. The van der Waals surface area contributed by atoms with Crippen molar-refractivity contribution in [1.29, 1.82) is 0 Å². The third-order valence-electron chi connectivity index (χ3n) is 9.09. The smallest absolute Gasteiger partial charge is 0.343 e. The number of rotatable bonds is 4. The second-order valence-electron chi connectivity index (χ2n) is 11.4. The number of carbonyl (C=O) groups is 1. The van der Waals surface area contributed by atoms with Gasteiger partial charge in [0.2, 0.25) is 6.79 Å². The molecule has 9 nitrogen and oxygen atoms in total. The first kappa shape index (κ1) is 26.0. The molecule has 4 aliphatic heterocycles. The van der Waals surface area contributed by atoms with Gasteiger partial charge in [-0.1, -0.05) is 25.1 Å². The molecular weight excluding hydrogens is 553 g/mol. The number of fused-ring (bicyclic) bond motifs is 6. The molecule has 1 atom stereocenters. The topological polar surface area (TPSA) is 103 Å². The van der Waals surface area contributed by atoms with Gasteiger partial charge >= 0.3 is 5.97 Å². The lowest BCUT2D eigenvalue weighted by Gasteiger charge is -2.31. The van der Waals surface area contributed by atoms with Crippen molar-refractivity contribution in [2.24, 2.45) is 0 Å². The van der Waals surface area contributed by atoms with Crippen LogP contribution >= 0.6 is 0 Å². The largest absolute Gasteiger partial charge is 0.458 e. The van der Waals surface area contributed by atoms with Gasteiger partial charge in [-0.25, -0.2) is 14.2 Å². The van der Waals surface area contributed by atoms with Crippen molar-refractivity contribution in [3.05, 3.63) is 80.4 Å². The maximum atomic E-state index is 15.1. The van der Waals surface area contributed by atoms with Crippen LogP contribution in [0.15, 0.2) is 41.2 Å². The van der Waals surface area contributed by atoms with Gasteiger partial charge in [0.1, 0.15) is 12.4 Å². The second-order valence-corrected chi connectivity index (χ2v) is 11.4. The van der Waals surface area contributed by atoms with E-state index in [4.69, 9.17) is 19.2 Å². The zero-order valence-corrected chi connectivity index (χ0v) is 23.5.